The van der Waals surface area contributed by atoms with E-state index >= 15 is 0 Å². The smallest absolute Gasteiger partial charge is 0.0801 e. The SMILES string of the molecule is O[C@H]1CC2CCC(CCCCC3CCC(CC3)C[C@@H]1O)CC2. The highest BCUT2D eigenvalue weighted by Crippen LogP contribution is 2.38. The lowest BCUT2D eigenvalue weighted by atomic mass is 9.74. The molecule has 0 aromatic carbocycles. The number of aliphatic hydroxyl groups excluding tert-OH is 2. The van der Waals surface area contributed by atoms with Crippen molar-refractivity contribution in [2.45, 2.75) is 102 Å². The Balaban J connectivity index is 1.58. The molecule has 0 radical (unpaired) electrons. The maximum absolute atomic E-state index is 10.4. The molecule has 0 aromatic rings. The van der Waals surface area contributed by atoms with Gasteiger partial charge in [0.05, 0.1) is 12.2 Å². The summed E-state index contributed by atoms with van der Waals surface area (Å²) in [7, 11) is 0. The first-order chi connectivity index (χ1) is 10.7. The molecule has 2 heteroatoms. The predicted octanol–water partition coefficient (Wildman–Crippen LogP) is 4.68. The van der Waals surface area contributed by atoms with Gasteiger partial charge in [-0.05, 0) is 36.5 Å². The van der Waals surface area contributed by atoms with Crippen LogP contribution in [0.4, 0.5) is 0 Å². The molecule has 0 spiro atoms. The lowest BCUT2D eigenvalue weighted by molar-refractivity contribution is -0.0165. The average molecular weight is 309 g/mol. The fraction of sp³-hybridized carbons (Fsp3) is 1.00. The van der Waals surface area contributed by atoms with E-state index in [1.165, 1.54) is 77.0 Å². The van der Waals surface area contributed by atoms with Gasteiger partial charge in [0.25, 0.3) is 0 Å². The molecule has 0 aromatic heterocycles. The molecule has 0 aliphatic heterocycles. The Hall–Kier alpha value is -0.0800. The van der Waals surface area contributed by atoms with Gasteiger partial charge in [0.15, 0.2) is 0 Å². The molecule has 0 unspecified atom stereocenters. The molecule has 6 saturated carbocycles. The van der Waals surface area contributed by atoms with Crippen molar-refractivity contribution in [2.75, 3.05) is 0 Å². The van der Waals surface area contributed by atoms with Crippen molar-refractivity contribution in [2.24, 2.45) is 23.7 Å². The second-order valence-corrected chi connectivity index (χ2v) is 8.66. The second kappa shape index (κ2) is 8.15. The van der Waals surface area contributed by atoms with Gasteiger partial charge in [-0.15, -0.1) is 0 Å². The van der Waals surface area contributed by atoms with Gasteiger partial charge < -0.3 is 10.2 Å². The Morgan fingerprint density at radius 1 is 0.409 bits per heavy atom. The van der Waals surface area contributed by atoms with Crippen molar-refractivity contribution in [3.8, 4) is 0 Å². The zero-order valence-corrected chi connectivity index (χ0v) is 14.3. The van der Waals surface area contributed by atoms with Crippen LogP contribution in [0.1, 0.15) is 89.9 Å². The molecule has 6 fully saturated rings. The monoisotopic (exact) mass is 308 g/mol. The molecule has 4 bridgehead atoms. The lowest BCUT2D eigenvalue weighted by Gasteiger charge is -2.34. The molecule has 2 atom stereocenters. The molecule has 2 nitrogen and oxygen atoms in total. The summed E-state index contributed by atoms with van der Waals surface area (Å²) < 4.78 is 0. The van der Waals surface area contributed by atoms with Gasteiger partial charge >= 0.3 is 0 Å². The van der Waals surface area contributed by atoms with Crippen LogP contribution in [0.25, 0.3) is 0 Å². The Kier molecular flexibility index (Phi) is 6.21. The summed E-state index contributed by atoms with van der Waals surface area (Å²) in [4.78, 5) is 0. The van der Waals surface area contributed by atoms with E-state index in [0.717, 1.165) is 24.7 Å². The van der Waals surface area contributed by atoms with Gasteiger partial charge in [-0.25, -0.2) is 0 Å². The quantitative estimate of drug-likeness (QED) is 0.682. The summed E-state index contributed by atoms with van der Waals surface area (Å²) >= 11 is 0. The van der Waals surface area contributed by atoms with Gasteiger partial charge in [-0.1, -0.05) is 77.0 Å². The van der Waals surface area contributed by atoms with Crippen LogP contribution in [-0.4, -0.2) is 22.4 Å². The van der Waals surface area contributed by atoms with Gasteiger partial charge in [-0.2, -0.15) is 0 Å². The standard InChI is InChI=1S/C20H36O2/c21-19-13-17-9-5-15(6-10-17)3-1-2-4-16-7-11-18(12-8-16)14-20(19)22/h15-22H,1-14H2/t15?,16?,17?,18?,19-,20-/m0/s1. The van der Waals surface area contributed by atoms with Gasteiger partial charge in [0.2, 0.25) is 0 Å². The van der Waals surface area contributed by atoms with Gasteiger partial charge in [0.1, 0.15) is 0 Å². The highest BCUT2D eigenvalue weighted by molar-refractivity contribution is 4.81. The van der Waals surface area contributed by atoms with Crippen LogP contribution in [0.3, 0.4) is 0 Å². The third kappa shape index (κ3) is 4.71. The first-order valence-corrected chi connectivity index (χ1v) is 10.1. The van der Waals surface area contributed by atoms with E-state index in [4.69, 9.17) is 0 Å². The summed E-state index contributed by atoms with van der Waals surface area (Å²) in [6, 6.07) is 0. The third-order valence-corrected chi connectivity index (χ3v) is 7.00. The minimum Gasteiger partial charge on any atom is -0.390 e. The topological polar surface area (TPSA) is 40.5 Å². The van der Waals surface area contributed by atoms with Crippen LogP contribution in [0, 0.1) is 23.7 Å². The van der Waals surface area contributed by atoms with Crippen molar-refractivity contribution in [3.63, 3.8) is 0 Å². The molecule has 2 N–H and O–H groups in total. The number of aliphatic hydroxyl groups is 2. The lowest BCUT2D eigenvalue weighted by Crippen LogP contribution is -2.32. The Morgan fingerprint density at radius 2 is 0.727 bits per heavy atom. The van der Waals surface area contributed by atoms with Crippen LogP contribution in [0.2, 0.25) is 0 Å². The highest BCUT2D eigenvalue weighted by Gasteiger charge is 2.29. The van der Waals surface area contributed by atoms with E-state index in [0.29, 0.717) is 11.8 Å². The Labute approximate surface area is 136 Å². The maximum Gasteiger partial charge on any atom is 0.0801 e. The molecule has 6 rings (SSSR count). The van der Waals surface area contributed by atoms with Crippen LogP contribution in [0.5, 0.6) is 0 Å². The molecule has 0 saturated heterocycles. The summed E-state index contributed by atoms with van der Waals surface area (Å²) in [5, 5.41) is 20.8. The van der Waals surface area contributed by atoms with E-state index in [1.807, 2.05) is 0 Å². The van der Waals surface area contributed by atoms with Gasteiger partial charge in [-0.3, -0.25) is 0 Å². The number of rotatable bonds is 0. The third-order valence-electron chi connectivity index (χ3n) is 7.00. The molecular formula is C20H36O2. The molecule has 0 heterocycles. The molecular weight excluding hydrogens is 272 g/mol. The van der Waals surface area contributed by atoms with Crippen molar-refractivity contribution in [1.29, 1.82) is 0 Å². The van der Waals surface area contributed by atoms with Crippen molar-refractivity contribution >= 4 is 0 Å². The maximum atomic E-state index is 10.4. The summed E-state index contributed by atoms with van der Waals surface area (Å²) in [6.45, 7) is 0. The predicted molar refractivity (Wildman–Crippen MR) is 90.6 cm³/mol. The Bertz CT molecular complexity index is 276. The first-order valence-electron chi connectivity index (χ1n) is 10.1. The van der Waals surface area contributed by atoms with Crippen LogP contribution in [0.15, 0.2) is 0 Å². The van der Waals surface area contributed by atoms with Crippen LogP contribution < -0.4 is 0 Å². The van der Waals surface area contributed by atoms with Gasteiger partial charge in [0, 0.05) is 0 Å². The van der Waals surface area contributed by atoms with E-state index in [9.17, 15) is 10.2 Å². The van der Waals surface area contributed by atoms with E-state index in [1.54, 1.807) is 0 Å². The summed E-state index contributed by atoms with van der Waals surface area (Å²) in [6.07, 6.45) is 17.0. The molecule has 22 heavy (non-hydrogen) atoms. The fourth-order valence-electron chi connectivity index (χ4n) is 5.37. The van der Waals surface area contributed by atoms with Crippen LogP contribution in [-0.2, 0) is 0 Å². The molecule has 6 aliphatic carbocycles. The minimum absolute atomic E-state index is 0.479. The number of hydrogen-bond acceptors (Lipinski definition) is 2. The fourth-order valence-corrected chi connectivity index (χ4v) is 5.37. The minimum atomic E-state index is -0.479. The van der Waals surface area contributed by atoms with E-state index in [2.05, 4.69) is 0 Å². The molecule has 128 valence electrons. The van der Waals surface area contributed by atoms with Crippen LogP contribution >= 0.6 is 0 Å². The zero-order chi connectivity index (χ0) is 15.4. The normalized spacial score (nSPS) is 45.0. The summed E-state index contributed by atoms with van der Waals surface area (Å²) in [5.41, 5.74) is 0. The number of hydrogen-bond donors (Lipinski definition) is 2. The summed E-state index contributed by atoms with van der Waals surface area (Å²) in [5.74, 6) is 3.21. The molecule has 6 aliphatic rings. The van der Waals surface area contributed by atoms with E-state index < -0.39 is 12.2 Å². The highest BCUT2D eigenvalue weighted by atomic mass is 16.3. The van der Waals surface area contributed by atoms with Crippen molar-refractivity contribution in [3.05, 3.63) is 0 Å². The van der Waals surface area contributed by atoms with Crippen molar-refractivity contribution < 1.29 is 10.2 Å². The molecule has 0 amide bonds. The van der Waals surface area contributed by atoms with Crippen molar-refractivity contribution in [1.82, 2.24) is 0 Å². The van der Waals surface area contributed by atoms with E-state index in [-0.39, 0.29) is 0 Å². The Morgan fingerprint density at radius 3 is 1.09 bits per heavy atom. The second-order valence-electron chi connectivity index (χ2n) is 8.66. The first kappa shape index (κ1) is 16.8. The largest absolute Gasteiger partial charge is 0.390 e. The zero-order valence-electron chi connectivity index (χ0n) is 14.3. The average Bonchev–Trinajstić information content (AvgIpc) is 2.53.